The van der Waals surface area contributed by atoms with Gasteiger partial charge in [0.15, 0.2) is 5.82 Å². The third-order valence-electron chi connectivity index (χ3n) is 4.88. The van der Waals surface area contributed by atoms with E-state index in [1.807, 2.05) is 0 Å². The SMILES string of the molecule is CC(C)C1CN2CCCCC2CN1CCc1ncon1. The van der Waals surface area contributed by atoms with E-state index in [0.717, 1.165) is 24.8 Å². The van der Waals surface area contributed by atoms with Crippen LogP contribution < -0.4 is 0 Å². The van der Waals surface area contributed by atoms with Crippen molar-refractivity contribution in [2.45, 2.75) is 51.6 Å². The van der Waals surface area contributed by atoms with E-state index in [1.165, 1.54) is 45.3 Å². The van der Waals surface area contributed by atoms with E-state index in [2.05, 4.69) is 33.8 Å². The maximum absolute atomic E-state index is 4.83. The van der Waals surface area contributed by atoms with Crippen molar-refractivity contribution in [3.8, 4) is 0 Å². The highest BCUT2D eigenvalue weighted by molar-refractivity contribution is 4.93. The molecule has 0 spiro atoms. The molecule has 0 radical (unpaired) electrons. The molecule has 0 aromatic carbocycles. The summed E-state index contributed by atoms with van der Waals surface area (Å²) in [5.41, 5.74) is 0. The minimum Gasteiger partial charge on any atom is -0.343 e. The summed E-state index contributed by atoms with van der Waals surface area (Å²) < 4.78 is 4.83. The van der Waals surface area contributed by atoms with Gasteiger partial charge in [0.2, 0.25) is 6.39 Å². The van der Waals surface area contributed by atoms with Crippen LogP contribution in [0, 0.1) is 5.92 Å². The molecule has 0 bridgehead atoms. The number of hydrogen-bond acceptors (Lipinski definition) is 5. The number of piperidine rings is 1. The first-order valence-electron chi connectivity index (χ1n) is 7.97. The molecule has 2 atom stereocenters. The Kier molecular flexibility index (Phi) is 4.36. The summed E-state index contributed by atoms with van der Waals surface area (Å²) in [6, 6.07) is 1.43. The zero-order valence-electron chi connectivity index (χ0n) is 12.7. The number of rotatable bonds is 4. The van der Waals surface area contributed by atoms with Gasteiger partial charge in [-0.1, -0.05) is 25.4 Å². The lowest BCUT2D eigenvalue weighted by molar-refractivity contribution is -0.00701. The molecule has 2 aliphatic rings. The van der Waals surface area contributed by atoms with Crippen LogP contribution in [0.25, 0.3) is 0 Å². The summed E-state index contributed by atoms with van der Waals surface area (Å²) in [6.07, 6.45) is 6.46. The fourth-order valence-electron chi connectivity index (χ4n) is 3.70. The van der Waals surface area contributed by atoms with Crippen molar-refractivity contribution in [1.82, 2.24) is 19.9 Å². The second kappa shape index (κ2) is 6.22. The summed E-state index contributed by atoms with van der Waals surface area (Å²) in [5.74, 6) is 1.53. The molecule has 3 rings (SSSR count). The fourth-order valence-corrected chi connectivity index (χ4v) is 3.70. The topological polar surface area (TPSA) is 45.4 Å². The molecule has 1 aromatic heterocycles. The highest BCUT2D eigenvalue weighted by Crippen LogP contribution is 2.27. The number of hydrogen-bond donors (Lipinski definition) is 0. The average molecular weight is 278 g/mol. The van der Waals surface area contributed by atoms with Gasteiger partial charge in [0, 0.05) is 38.1 Å². The molecule has 3 heterocycles. The second-order valence-electron chi connectivity index (χ2n) is 6.55. The normalized spacial score (nSPS) is 28.8. The van der Waals surface area contributed by atoms with Crippen molar-refractivity contribution >= 4 is 0 Å². The number of fused-ring (bicyclic) bond motifs is 1. The van der Waals surface area contributed by atoms with Crippen LogP contribution in [-0.2, 0) is 6.42 Å². The standard InChI is InChI=1S/C15H26N4O/c1-12(2)14-10-18-7-4-3-5-13(18)9-19(14)8-6-15-16-11-20-17-15/h11-14H,3-10H2,1-2H3. The van der Waals surface area contributed by atoms with E-state index in [4.69, 9.17) is 4.52 Å². The summed E-state index contributed by atoms with van der Waals surface area (Å²) in [7, 11) is 0. The van der Waals surface area contributed by atoms with Crippen LogP contribution in [0.5, 0.6) is 0 Å². The second-order valence-corrected chi connectivity index (χ2v) is 6.55. The molecule has 112 valence electrons. The smallest absolute Gasteiger partial charge is 0.213 e. The molecule has 0 amide bonds. The third kappa shape index (κ3) is 3.04. The molecule has 5 heteroatoms. The van der Waals surface area contributed by atoms with E-state index in [0.29, 0.717) is 12.0 Å². The highest BCUT2D eigenvalue weighted by atomic mass is 16.5. The van der Waals surface area contributed by atoms with E-state index in [1.54, 1.807) is 0 Å². The maximum Gasteiger partial charge on any atom is 0.213 e. The van der Waals surface area contributed by atoms with Crippen molar-refractivity contribution in [3.63, 3.8) is 0 Å². The Morgan fingerprint density at radius 1 is 1.35 bits per heavy atom. The average Bonchev–Trinajstić information content (AvgIpc) is 2.97. The lowest BCUT2D eigenvalue weighted by Gasteiger charge is -2.49. The monoisotopic (exact) mass is 278 g/mol. The molecule has 2 aliphatic heterocycles. The van der Waals surface area contributed by atoms with Gasteiger partial charge in [0.05, 0.1) is 0 Å². The molecule has 5 nitrogen and oxygen atoms in total. The van der Waals surface area contributed by atoms with Gasteiger partial charge in [-0.15, -0.1) is 0 Å². The minimum atomic E-state index is 0.663. The van der Waals surface area contributed by atoms with Crippen LogP contribution in [0.2, 0.25) is 0 Å². The van der Waals surface area contributed by atoms with Crippen LogP contribution in [0.4, 0.5) is 0 Å². The van der Waals surface area contributed by atoms with Gasteiger partial charge >= 0.3 is 0 Å². The number of nitrogens with zero attached hydrogens (tertiary/aromatic N) is 4. The lowest BCUT2D eigenvalue weighted by atomic mass is 9.92. The van der Waals surface area contributed by atoms with Crippen LogP contribution >= 0.6 is 0 Å². The molecular weight excluding hydrogens is 252 g/mol. The van der Waals surface area contributed by atoms with Gasteiger partial charge in [-0.3, -0.25) is 9.80 Å². The molecule has 2 unspecified atom stereocenters. The van der Waals surface area contributed by atoms with Crippen molar-refractivity contribution < 1.29 is 4.52 Å². The first-order valence-corrected chi connectivity index (χ1v) is 7.97. The molecule has 2 saturated heterocycles. The van der Waals surface area contributed by atoms with Crippen molar-refractivity contribution in [1.29, 1.82) is 0 Å². The largest absolute Gasteiger partial charge is 0.343 e. The zero-order chi connectivity index (χ0) is 13.9. The lowest BCUT2D eigenvalue weighted by Crippen LogP contribution is -2.61. The van der Waals surface area contributed by atoms with E-state index in [9.17, 15) is 0 Å². The predicted octanol–water partition coefficient (Wildman–Crippen LogP) is 1.81. The Labute approximate surface area is 121 Å². The molecule has 1 aromatic rings. The van der Waals surface area contributed by atoms with E-state index >= 15 is 0 Å². The molecule has 0 saturated carbocycles. The summed E-state index contributed by atoms with van der Waals surface area (Å²) in [6.45, 7) is 9.47. The predicted molar refractivity (Wildman–Crippen MR) is 77.4 cm³/mol. The maximum atomic E-state index is 4.83. The first-order chi connectivity index (χ1) is 9.74. The first kappa shape index (κ1) is 14.0. The van der Waals surface area contributed by atoms with E-state index in [-0.39, 0.29) is 0 Å². The van der Waals surface area contributed by atoms with Gasteiger partial charge in [-0.2, -0.15) is 4.98 Å². The molecule has 0 N–H and O–H groups in total. The minimum absolute atomic E-state index is 0.663. The zero-order valence-corrected chi connectivity index (χ0v) is 12.7. The Balaban J connectivity index is 1.63. The van der Waals surface area contributed by atoms with Gasteiger partial charge in [-0.05, 0) is 25.3 Å². The quantitative estimate of drug-likeness (QED) is 0.840. The molecule has 20 heavy (non-hydrogen) atoms. The molecule has 2 fully saturated rings. The van der Waals surface area contributed by atoms with E-state index < -0.39 is 0 Å². The third-order valence-corrected chi connectivity index (χ3v) is 4.88. The van der Waals surface area contributed by atoms with Gasteiger partial charge in [0.25, 0.3) is 0 Å². The van der Waals surface area contributed by atoms with Crippen LogP contribution in [0.3, 0.4) is 0 Å². The van der Waals surface area contributed by atoms with Gasteiger partial charge in [0.1, 0.15) is 0 Å². The summed E-state index contributed by atoms with van der Waals surface area (Å²) in [5, 5.41) is 3.93. The highest BCUT2D eigenvalue weighted by Gasteiger charge is 2.35. The van der Waals surface area contributed by atoms with Crippen molar-refractivity contribution in [2.75, 3.05) is 26.2 Å². The van der Waals surface area contributed by atoms with Gasteiger partial charge < -0.3 is 4.52 Å². The molecular formula is C15H26N4O. The Morgan fingerprint density at radius 2 is 2.25 bits per heavy atom. The van der Waals surface area contributed by atoms with Gasteiger partial charge in [-0.25, -0.2) is 0 Å². The van der Waals surface area contributed by atoms with Crippen LogP contribution in [0.1, 0.15) is 38.9 Å². The summed E-state index contributed by atoms with van der Waals surface area (Å²) in [4.78, 5) is 9.52. The Hall–Kier alpha value is -0.940. The van der Waals surface area contributed by atoms with Crippen LogP contribution in [-0.4, -0.2) is 58.2 Å². The molecule has 0 aliphatic carbocycles. The summed E-state index contributed by atoms with van der Waals surface area (Å²) >= 11 is 0. The Morgan fingerprint density at radius 3 is 3.00 bits per heavy atom. The van der Waals surface area contributed by atoms with Crippen molar-refractivity contribution in [2.24, 2.45) is 5.92 Å². The fraction of sp³-hybridized carbons (Fsp3) is 0.867. The number of aromatic nitrogens is 2. The number of piperazine rings is 1. The van der Waals surface area contributed by atoms with Crippen LogP contribution in [0.15, 0.2) is 10.9 Å². The van der Waals surface area contributed by atoms with Crippen molar-refractivity contribution in [3.05, 3.63) is 12.2 Å². The Bertz CT molecular complexity index is 406.